The number of carbonyl (C=O) groups is 2. The van der Waals surface area contributed by atoms with E-state index in [1.165, 1.54) is 11.3 Å². The van der Waals surface area contributed by atoms with E-state index in [0.29, 0.717) is 16.9 Å². The van der Waals surface area contributed by atoms with E-state index >= 15 is 0 Å². The Hall–Kier alpha value is -5.48. The Balaban J connectivity index is 1.24. The average molecular weight is 556 g/mol. The van der Waals surface area contributed by atoms with Crippen molar-refractivity contribution in [1.29, 1.82) is 0 Å². The third-order valence-electron chi connectivity index (χ3n) is 6.78. The van der Waals surface area contributed by atoms with Gasteiger partial charge < -0.3 is 10.3 Å². The van der Waals surface area contributed by atoms with Crippen LogP contribution in [0.3, 0.4) is 0 Å². The fourth-order valence-electron chi connectivity index (χ4n) is 4.76. The summed E-state index contributed by atoms with van der Waals surface area (Å²) < 4.78 is 0. The number of pyridine rings is 3. The molecule has 1 aromatic carbocycles. The lowest BCUT2D eigenvalue weighted by molar-refractivity contribution is 0.101. The van der Waals surface area contributed by atoms with Gasteiger partial charge in [0.2, 0.25) is 0 Å². The number of fused-ring (bicyclic) bond motifs is 2. The molecule has 1 amide bonds. The van der Waals surface area contributed by atoms with Crippen molar-refractivity contribution in [2.24, 2.45) is 0 Å². The molecule has 6 aromatic heterocycles. The number of Topliss-reactive ketones (excluding diaryl/α,β-unsaturated/α-hetero) is 1. The molecular formula is C31H21N7O2S. The SMILES string of the molecule is CC(=O)c1ccc(-c2ccnc3[nH]c(-c4n[nH]c5cnc(-c6cncc(NC(=O)c7ccccc7)c6)cc45)cc23)s1. The average Bonchev–Trinajstić information content (AvgIpc) is 3.75. The summed E-state index contributed by atoms with van der Waals surface area (Å²) in [7, 11) is 0. The quantitative estimate of drug-likeness (QED) is 0.195. The Kier molecular flexibility index (Phi) is 5.94. The van der Waals surface area contributed by atoms with Crippen LogP contribution in [0, 0.1) is 0 Å². The second kappa shape index (κ2) is 9.92. The van der Waals surface area contributed by atoms with E-state index in [2.05, 4.69) is 35.5 Å². The summed E-state index contributed by atoms with van der Waals surface area (Å²) in [6, 6.07) is 20.6. The number of ketones is 1. The molecule has 3 N–H and O–H groups in total. The molecule has 0 fully saturated rings. The molecule has 0 bridgehead atoms. The Morgan fingerprint density at radius 3 is 2.61 bits per heavy atom. The first kappa shape index (κ1) is 24.6. The van der Waals surface area contributed by atoms with Crippen LogP contribution in [0.15, 0.2) is 91.5 Å². The van der Waals surface area contributed by atoms with Gasteiger partial charge in [-0.15, -0.1) is 11.3 Å². The Bertz CT molecular complexity index is 2090. The van der Waals surface area contributed by atoms with Gasteiger partial charge >= 0.3 is 0 Å². The molecule has 7 aromatic rings. The molecule has 0 atom stereocenters. The molecule has 7 rings (SSSR count). The van der Waals surface area contributed by atoms with Crippen molar-refractivity contribution in [1.82, 2.24) is 30.1 Å². The van der Waals surface area contributed by atoms with Gasteiger partial charge in [-0.1, -0.05) is 18.2 Å². The van der Waals surface area contributed by atoms with E-state index in [1.807, 2.05) is 54.6 Å². The van der Waals surface area contributed by atoms with Crippen LogP contribution in [0.4, 0.5) is 5.69 Å². The number of hydrogen-bond acceptors (Lipinski definition) is 7. The third-order valence-corrected chi connectivity index (χ3v) is 8.00. The fraction of sp³-hybridized carbons (Fsp3) is 0.0323. The molecule has 0 aliphatic rings. The summed E-state index contributed by atoms with van der Waals surface area (Å²) in [4.78, 5) is 43.1. The van der Waals surface area contributed by atoms with E-state index in [-0.39, 0.29) is 11.7 Å². The van der Waals surface area contributed by atoms with Crippen LogP contribution in [0.1, 0.15) is 27.0 Å². The van der Waals surface area contributed by atoms with Crippen molar-refractivity contribution < 1.29 is 9.59 Å². The molecule has 198 valence electrons. The van der Waals surface area contributed by atoms with Gasteiger partial charge in [-0.25, -0.2) is 4.98 Å². The van der Waals surface area contributed by atoms with Crippen molar-refractivity contribution in [2.75, 3.05) is 5.32 Å². The second-order valence-corrected chi connectivity index (χ2v) is 10.6. The number of amides is 1. The molecule has 0 spiro atoms. The van der Waals surface area contributed by atoms with Crippen LogP contribution < -0.4 is 5.32 Å². The van der Waals surface area contributed by atoms with Gasteiger partial charge in [-0.3, -0.25) is 24.7 Å². The number of benzene rings is 1. The first-order chi connectivity index (χ1) is 20.0. The van der Waals surface area contributed by atoms with E-state index in [9.17, 15) is 9.59 Å². The first-order valence-electron chi connectivity index (χ1n) is 12.8. The normalized spacial score (nSPS) is 11.2. The molecule has 10 heteroatoms. The molecule has 0 radical (unpaired) electrons. The van der Waals surface area contributed by atoms with E-state index in [0.717, 1.165) is 54.2 Å². The topological polar surface area (TPSA) is 129 Å². The predicted octanol–water partition coefficient (Wildman–Crippen LogP) is 6.75. The van der Waals surface area contributed by atoms with Gasteiger partial charge in [0.1, 0.15) is 11.3 Å². The number of carbonyl (C=O) groups excluding carboxylic acids is 2. The zero-order valence-corrected chi connectivity index (χ0v) is 22.5. The summed E-state index contributed by atoms with van der Waals surface area (Å²) in [5.41, 5.74) is 6.61. The molecule has 0 saturated heterocycles. The summed E-state index contributed by atoms with van der Waals surface area (Å²) in [5.74, 6) is -0.162. The van der Waals surface area contributed by atoms with E-state index in [1.54, 1.807) is 43.8 Å². The van der Waals surface area contributed by atoms with Crippen molar-refractivity contribution in [2.45, 2.75) is 6.92 Å². The van der Waals surface area contributed by atoms with Crippen LogP contribution in [-0.2, 0) is 0 Å². The minimum absolute atomic E-state index is 0.0491. The zero-order valence-electron chi connectivity index (χ0n) is 21.7. The number of nitrogens with zero attached hydrogens (tertiary/aromatic N) is 4. The molecule has 9 nitrogen and oxygen atoms in total. The molecule has 6 heterocycles. The number of H-pyrrole nitrogens is 2. The van der Waals surface area contributed by atoms with Gasteiger partial charge in [0, 0.05) is 44.7 Å². The molecule has 0 aliphatic carbocycles. The highest BCUT2D eigenvalue weighted by atomic mass is 32.1. The van der Waals surface area contributed by atoms with Crippen LogP contribution >= 0.6 is 11.3 Å². The highest BCUT2D eigenvalue weighted by Crippen LogP contribution is 2.36. The minimum Gasteiger partial charge on any atom is -0.338 e. The maximum absolute atomic E-state index is 12.6. The number of aromatic amines is 2. The Morgan fingerprint density at radius 1 is 0.902 bits per heavy atom. The number of rotatable bonds is 6. The maximum atomic E-state index is 12.6. The fourth-order valence-corrected chi connectivity index (χ4v) is 5.70. The summed E-state index contributed by atoms with van der Waals surface area (Å²) >= 11 is 1.47. The zero-order chi connectivity index (χ0) is 27.9. The Morgan fingerprint density at radius 2 is 1.78 bits per heavy atom. The lowest BCUT2D eigenvalue weighted by atomic mass is 10.1. The molecule has 0 aliphatic heterocycles. The van der Waals surface area contributed by atoms with Crippen LogP contribution in [0.25, 0.3) is 55.0 Å². The van der Waals surface area contributed by atoms with Crippen LogP contribution in [-0.4, -0.2) is 41.8 Å². The number of thiophene rings is 1. The summed E-state index contributed by atoms with van der Waals surface area (Å²) in [5, 5.41) is 12.4. The van der Waals surface area contributed by atoms with Crippen LogP contribution in [0.5, 0.6) is 0 Å². The highest BCUT2D eigenvalue weighted by Gasteiger charge is 2.17. The predicted molar refractivity (Wildman–Crippen MR) is 160 cm³/mol. The number of anilines is 1. The smallest absolute Gasteiger partial charge is 0.255 e. The van der Waals surface area contributed by atoms with Crippen molar-refractivity contribution in [3.63, 3.8) is 0 Å². The van der Waals surface area contributed by atoms with Gasteiger partial charge in [-0.2, -0.15) is 5.10 Å². The monoisotopic (exact) mass is 555 g/mol. The third kappa shape index (κ3) is 4.56. The Labute approximate surface area is 237 Å². The summed E-state index contributed by atoms with van der Waals surface area (Å²) in [6.45, 7) is 1.57. The summed E-state index contributed by atoms with van der Waals surface area (Å²) in [6.07, 6.45) is 6.81. The largest absolute Gasteiger partial charge is 0.338 e. The minimum atomic E-state index is -0.211. The molecular weight excluding hydrogens is 534 g/mol. The standard InChI is InChI=1S/C31H21N7O2S/c1-17(39)27-7-8-28(41-27)21-9-10-33-30-22(21)12-25(36-30)29-23-13-24(34-16-26(23)37-38-29)19-11-20(15-32-14-19)35-31(40)18-5-3-2-4-6-18/h2-16H,1H3,(H,33,36)(H,35,40)(H,37,38). The van der Waals surface area contributed by atoms with Gasteiger partial charge in [-0.05, 0) is 55.5 Å². The maximum Gasteiger partial charge on any atom is 0.255 e. The van der Waals surface area contributed by atoms with Crippen LogP contribution in [0.2, 0.25) is 0 Å². The molecule has 0 unspecified atom stereocenters. The van der Waals surface area contributed by atoms with Crippen molar-refractivity contribution in [3.05, 3.63) is 102 Å². The van der Waals surface area contributed by atoms with Gasteiger partial charge in [0.25, 0.3) is 5.91 Å². The number of aromatic nitrogens is 6. The molecule has 41 heavy (non-hydrogen) atoms. The number of hydrogen-bond donors (Lipinski definition) is 3. The van der Waals surface area contributed by atoms with E-state index in [4.69, 9.17) is 0 Å². The van der Waals surface area contributed by atoms with Gasteiger partial charge in [0.15, 0.2) is 5.78 Å². The van der Waals surface area contributed by atoms with E-state index < -0.39 is 0 Å². The lowest BCUT2D eigenvalue weighted by Gasteiger charge is -2.07. The van der Waals surface area contributed by atoms with Gasteiger partial charge in [0.05, 0.1) is 39.9 Å². The second-order valence-electron chi connectivity index (χ2n) is 9.49. The highest BCUT2D eigenvalue weighted by molar-refractivity contribution is 7.17. The van der Waals surface area contributed by atoms with Crippen molar-refractivity contribution in [3.8, 4) is 33.1 Å². The lowest BCUT2D eigenvalue weighted by Crippen LogP contribution is -2.11. The van der Waals surface area contributed by atoms with Crippen molar-refractivity contribution >= 4 is 50.7 Å². The number of nitrogens with one attached hydrogen (secondary N) is 3. The first-order valence-corrected chi connectivity index (χ1v) is 13.6. The molecule has 0 saturated carbocycles.